The summed E-state index contributed by atoms with van der Waals surface area (Å²) in [7, 11) is 0. The van der Waals surface area contributed by atoms with Gasteiger partial charge in [0.2, 0.25) is 0 Å². The number of nitrogens with zero attached hydrogens (tertiary/aromatic N) is 3. The maximum atomic E-state index is 4.24. The number of rotatable bonds is 4. The fraction of sp³-hybridized carbons (Fsp3) is 0.636. The van der Waals surface area contributed by atoms with Gasteiger partial charge in [-0.3, -0.25) is 4.90 Å². The zero-order valence-corrected chi connectivity index (χ0v) is 9.19. The molecule has 0 bridgehead atoms. The predicted octanol–water partition coefficient (Wildman–Crippen LogP) is 0.660. The Bertz CT molecular complexity index is 288. The average molecular weight is 206 g/mol. The van der Waals surface area contributed by atoms with E-state index in [9.17, 15) is 0 Å². The van der Waals surface area contributed by atoms with Crippen LogP contribution in [0.25, 0.3) is 0 Å². The van der Waals surface area contributed by atoms with Gasteiger partial charge >= 0.3 is 0 Å². The van der Waals surface area contributed by atoms with Gasteiger partial charge in [0.25, 0.3) is 0 Å². The maximum Gasteiger partial charge on any atom is 0.115 e. The molecule has 1 aromatic heterocycles. The molecule has 82 valence electrons. The van der Waals surface area contributed by atoms with Gasteiger partial charge in [-0.25, -0.2) is 9.97 Å². The van der Waals surface area contributed by atoms with Crippen LogP contribution in [0.4, 0.5) is 0 Å². The van der Waals surface area contributed by atoms with E-state index in [0.717, 1.165) is 25.3 Å². The van der Waals surface area contributed by atoms with Gasteiger partial charge in [-0.15, -0.1) is 0 Å². The van der Waals surface area contributed by atoms with Crippen LogP contribution in [0, 0.1) is 0 Å². The van der Waals surface area contributed by atoms with E-state index in [1.165, 1.54) is 13.0 Å². The van der Waals surface area contributed by atoms with Crippen molar-refractivity contribution < 1.29 is 0 Å². The van der Waals surface area contributed by atoms with E-state index < -0.39 is 0 Å². The highest BCUT2D eigenvalue weighted by Gasteiger charge is 2.21. The van der Waals surface area contributed by atoms with E-state index in [0.29, 0.717) is 6.04 Å². The predicted molar refractivity (Wildman–Crippen MR) is 59.4 cm³/mol. The molecule has 1 aromatic rings. The van der Waals surface area contributed by atoms with Crippen LogP contribution < -0.4 is 5.32 Å². The Labute approximate surface area is 90.7 Å². The Morgan fingerprint density at radius 3 is 3.27 bits per heavy atom. The van der Waals surface area contributed by atoms with Gasteiger partial charge in [0.1, 0.15) is 6.33 Å². The molecule has 0 saturated carbocycles. The first-order chi connectivity index (χ1) is 7.38. The van der Waals surface area contributed by atoms with Crippen LogP contribution in [-0.2, 0) is 6.54 Å². The zero-order valence-electron chi connectivity index (χ0n) is 9.19. The lowest BCUT2D eigenvalue weighted by atomic mass is 10.3. The third kappa shape index (κ3) is 2.97. The van der Waals surface area contributed by atoms with Crippen molar-refractivity contribution in [3.63, 3.8) is 0 Å². The molecule has 0 spiro atoms. The van der Waals surface area contributed by atoms with Crippen molar-refractivity contribution in [1.29, 1.82) is 0 Å². The molecule has 1 fully saturated rings. The summed E-state index contributed by atoms with van der Waals surface area (Å²) in [4.78, 5) is 10.6. The molecule has 1 saturated heterocycles. The van der Waals surface area contributed by atoms with Crippen LogP contribution in [-0.4, -0.2) is 40.5 Å². The minimum absolute atomic E-state index is 0.664. The van der Waals surface area contributed by atoms with Gasteiger partial charge in [0.05, 0.1) is 5.69 Å². The lowest BCUT2D eigenvalue weighted by Gasteiger charge is -2.15. The second-order valence-electron chi connectivity index (χ2n) is 3.98. The van der Waals surface area contributed by atoms with Gasteiger partial charge in [0, 0.05) is 31.9 Å². The van der Waals surface area contributed by atoms with Crippen molar-refractivity contribution in [3.05, 3.63) is 24.3 Å². The van der Waals surface area contributed by atoms with E-state index in [1.54, 1.807) is 12.5 Å². The van der Waals surface area contributed by atoms with Crippen LogP contribution in [0.2, 0.25) is 0 Å². The Balaban J connectivity index is 1.82. The largest absolute Gasteiger partial charge is 0.313 e. The molecule has 0 radical (unpaired) electrons. The Kier molecular flexibility index (Phi) is 3.64. The van der Waals surface area contributed by atoms with E-state index in [2.05, 4.69) is 27.1 Å². The summed E-state index contributed by atoms with van der Waals surface area (Å²) in [6, 6.07) is 2.65. The maximum absolute atomic E-state index is 4.24. The highest BCUT2D eigenvalue weighted by Crippen LogP contribution is 2.11. The fourth-order valence-corrected chi connectivity index (χ4v) is 2.07. The van der Waals surface area contributed by atoms with Crippen molar-refractivity contribution in [3.8, 4) is 0 Å². The van der Waals surface area contributed by atoms with E-state index in [4.69, 9.17) is 0 Å². The fourth-order valence-electron chi connectivity index (χ4n) is 2.07. The Morgan fingerprint density at radius 2 is 2.53 bits per heavy atom. The topological polar surface area (TPSA) is 41.0 Å². The minimum atomic E-state index is 0.664. The number of likely N-dealkylation sites (tertiary alicyclic amines) is 1. The number of likely N-dealkylation sites (N-methyl/N-ethyl adjacent to an activating group) is 1. The lowest BCUT2D eigenvalue weighted by Crippen LogP contribution is -2.32. The summed E-state index contributed by atoms with van der Waals surface area (Å²) in [5.74, 6) is 0. The molecule has 4 nitrogen and oxygen atoms in total. The second-order valence-corrected chi connectivity index (χ2v) is 3.98. The molecule has 1 aliphatic heterocycles. The van der Waals surface area contributed by atoms with E-state index >= 15 is 0 Å². The summed E-state index contributed by atoms with van der Waals surface area (Å²) < 4.78 is 0. The van der Waals surface area contributed by atoms with Crippen molar-refractivity contribution in [2.45, 2.75) is 25.9 Å². The average Bonchev–Trinajstić information content (AvgIpc) is 2.68. The van der Waals surface area contributed by atoms with Crippen LogP contribution in [0.5, 0.6) is 0 Å². The van der Waals surface area contributed by atoms with E-state index in [1.807, 2.05) is 6.07 Å². The van der Waals surface area contributed by atoms with Crippen LogP contribution in [0.3, 0.4) is 0 Å². The van der Waals surface area contributed by atoms with Crippen LogP contribution in [0.1, 0.15) is 19.0 Å². The molecule has 1 unspecified atom stereocenters. The summed E-state index contributed by atoms with van der Waals surface area (Å²) in [5, 5.41) is 3.49. The third-order valence-electron chi connectivity index (χ3n) is 2.79. The normalized spacial score (nSPS) is 22.1. The summed E-state index contributed by atoms with van der Waals surface area (Å²) in [6.45, 7) is 6.48. The van der Waals surface area contributed by atoms with Crippen molar-refractivity contribution in [1.82, 2.24) is 20.2 Å². The van der Waals surface area contributed by atoms with Crippen molar-refractivity contribution in [2.75, 3.05) is 19.6 Å². The molecule has 1 N–H and O–H groups in total. The molecule has 0 aliphatic carbocycles. The summed E-state index contributed by atoms with van der Waals surface area (Å²) >= 11 is 0. The zero-order chi connectivity index (χ0) is 10.5. The molecular weight excluding hydrogens is 188 g/mol. The Morgan fingerprint density at radius 1 is 1.60 bits per heavy atom. The van der Waals surface area contributed by atoms with Crippen LogP contribution >= 0.6 is 0 Å². The smallest absolute Gasteiger partial charge is 0.115 e. The van der Waals surface area contributed by atoms with Gasteiger partial charge in [0.15, 0.2) is 0 Å². The van der Waals surface area contributed by atoms with Gasteiger partial charge in [-0.2, -0.15) is 0 Å². The molecule has 1 atom stereocenters. The highest BCUT2D eigenvalue weighted by molar-refractivity contribution is 4.98. The van der Waals surface area contributed by atoms with Gasteiger partial charge < -0.3 is 5.32 Å². The first-order valence-corrected chi connectivity index (χ1v) is 5.59. The van der Waals surface area contributed by atoms with Crippen LogP contribution in [0.15, 0.2) is 18.6 Å². The van der Waals surface area contributed by atoms with Gasteiger partial charge in [-0.1, -0.05) is 6.92 Å². The molecule has 0 amide bonds. The quantitative estimate of drug-likeness (QED) is 0.786. The Hall–Kier alpha value is -1.00. The van der Waals surface area contributed by atoms with E-state index in [-0.39, 0.29) is 0 Å². The molecule has 4 heteroatoms. The first kappa shape index (κ1) is 10.5. The monoisotopic (exact) mass is 206 g/mol. The van der Waals surface area contributed by atoms with Crippen molar-refractivity contribution >= 4 is 0 Å². The molecular formula is C11H18N4. The standard InChI is InChI=1S/C11H18N4/c1-2-13-11-4-6-15(8-11)7-10-3-5-12-9-14-10/h3,5,9,11,13H,2,4,6-8H2,1H3. The molecule has 2 heterocycles. The molecule has 1 aliphatic rings. The third-order valence-corrected chi connectivity index (χ3v) is 2.79. The number of hydrogen-bond acceptors (Lipinski definition) is 4. The second kappa shape index (κ2) is 5.19. The van der Waals surface area contributed by atoms with Crippen molar-refractivity contribution in [2.24, 2.45) is 0 Å². The number of aromatic nitrogens is 2. The lowest BCUT2D eigenvalue weighted by molar-refractivity contribution is 0.317. The highest BCUT2D eigenvalue weighted by atomic mass is 15.2. The van der Waals surface area contributed by atoms with Gasteiger partial charge in [-0.05, 0) is 19.0 Å². The number of hydrogen-bond donors (Lipinski definition) is 1. The first-order valence-electron chi connectivity index (χ1n) is 5.59. The summed E-state index contributed by atoms with van der Waals surface area (Å²) in [6.07, 6.45) is 4.67. The number of nitrogens with one attached hydrogen (secondary N) is 1. The minimum Gasteiger partial charge on any atom is -0.313 e. The SMILES string of the molecule is CCNC1CCN(Cc2ccncn2)C1. The summed E-state index contributed by atoms with van der Waals surface area (Å²) in [5.41, 5.74) is 1.11. The molecule has 2 rings (SSSR count). The molecule has 0 aromatic carbocycles. The molecule has 15 heavy (non-hydrogen) atoms.